The van der Waals surface area contributed by atoms with Gasteiger partial charge in [0.25, 0.3) is 0 Å². The fourth-order valence-electron chi connectivity index (χ4n) is 7.35. The molecule has 0 aliphatic heterocycles. The maximum Gasteiger partial charge on any atom is 0.133 e. The van der Waals surface area contributed by atoms with Crippen LogP contribution in [0, 0.1) is 35.0 Å². The lowest BCUT2D eigenvalue weighted by Gasteiger charge is -2.57. The second-order valence-electron chi connectivity index (χ2n) is 9.10. The average Bonchev–Trinajstić information content (AvgIpc) is 2.79. The van der Waals surface area contributed by atoms with Crippen LogP contribution in [-0.2, 0) is 4.79 Å². The molecule has 2 nitrogen and oxygen atoms in total. The molecular weight excluding hydrogens is 272 g/mol. The molecule has 4 fully saturated rings. The van der Waals surface area contributed by atoms with Gasteiger partial charge in [-0.15, -0.1) is 0 Å². The summed E-state index contributed by atoms with van der Waals surface area (Å²) in [6.07, 6.45) is 11.1. The van der Waals surface area contributed by atoms with Crippen LogP contribution in [0.4, 0.5) is 0 Å². The molecule has 0 saturated heterocycles. The highest BCUT2D eigenvalue weighted by atomic mass is 16.3. The molecule has 124 valence electrons. The second kappa shape index (κ2) is 5.06. The summed E-state index contributed by atoms with van der Waals surface area (Å²) < 4.78 is 0. The summed E-state index contributed by atoms with van der Waals surface area (Å²) in [5, 5.41) is 11.2. The molecule has 0 aromatic rings. The van der Waals surface area contributed by atoms with Crippen molar-refractivity contribution in [3.8, 4) is 0 Å². The zero-order valence-electron chi connectivity index (χ0n) is 14.3. The van der Waals surface area contributed by atoms with Crippen molar-refractivity contribution in [2.24, 2.45) is 35.0 Å². The maximum absolute atomic E-state index is 11.8. The lowest BCUT2D eigenvalue weighted by Crippen LogP contribution is -2.53. The summed E-state index contributed by atoms with van der Waals surface area (Å²) in [5.41, 5.74) is -0.262. The predicted molar refractivity (Wildman–Crippen MR) is 87.4 cm³/mol. The Morgan fingerprint density at radius 2 is 1.86 bits per heavy atom. The molecule has 0 unspecified atom stereocenters. The quantitative estimate of drug-likeness (QED) is 0.782. The lowest BCUT2D eigenvalue weighted by molar-refractivity contribution is -0.138. The van der Waals surface area contributed by atoms with Gasteiger partial charge in [-0.2, -0.15) is 0 Å². The van der Waals surface area contributed by atoms with Crippen LogP contribution in [0.15, 0.2) is 0 Å². The van der Waals surface area contributed by atoms with Crippen LogP contribution in [0.5, 0.6) is 0 Å². The number of rotatable bonds is 1. The van der Waals surface area contributed by atoms with E-state index in [9.17, 15) is 9.90 Å². The van der Waals surface area contributed by atoms with Crippen molar-refractivity contribution in [2.45, 2.75) is 83.7 Å². The molecule has 4 aliphatic carbocycles. The number of Topliss-reactive ketones (excluding diaryl/α,β-unsaturated/α-hetero) is 1. The average molecular weight is 304 g/mol. The van der Waals surface area contributed by atoms with E-state index in [4.69, 9.17) is 0 Å². The van der Waals surface area contributed by atoms with Crippen LogP contribution in [0.3, 0.4) is 0 Å². The van der Waals surface area contributed by atoms with Crippen LogP contribution >= 0.6 is 0 Å². The number of hydrogen-bond donors (Lipinski definition) is 1. The highest BCUT2D eigenvalue weighted by Crippen LogP contribution is 2.65. The van der Waals surface area contributed by atoms with E-state index in [-0.39, 0.29) is 5.41 Å². The van der Waals surface area contributed by atoms with E-state index >= 15 is 0 Å². The third kappa shape index (κ3) is 1.92. The van der Waals surface area contributed by atoms with Gasteiger partial charge in [0.15, 0.2) is 0 Å². The molecule has 7 atom stereocenters. The topological polar surface area (TPSA) is 37.3 Å². The highest BCUT2D eigenvalue weighted by molar-refractivity contribution is 5.79. The molecule has 1 N–H and O–H groups in total. The summed E-state index contributed by atoms with van der Waals surface area (Å²) >= 11 is 0. The van der Waals surface area contributed by atoms with Gasteiger partial charge in [-0.25, -0.2) is 0 Å². The standard InChI is InChI=1S/C20H32O2/c1-3-20(22)11-9-18-17-6-4-13-12-14(21)5-7-15(13)16(17)8-10-19(18,20)2/h13,15-18,22H,3-12H2,1-2H3/t13-,15+,16-,17-,18+,19+,20+/m1/s1. The van der Waals surface area contributed by atoms with E-state index < -0.39 is 5.60 Å². The van der Waals surface area contributed by atoms with Gasteiger partial charge in [0.2, 0.25) is 0 Å². The monoisotopic (exact) mass is 304 g/mol. The van der Waals surface area contributed by atoms with E-state index in [1.165, 1.54) is 32.1 Å². The zero-order valence-corrected chi connectivity index (χ0v) is 14.3. The predicted octanol–water partition coefficient (Wildman–Crippen LogP) is 4.35. The number of ketones is 1. The third-order valence-electron chi connectivity index (χ3n) is 8.67. The molecule has 0 heterocycles. The minimum atomic E-state index is -0.415. The van der Waals surface area contributed by atoms with Crippen molar-refractivity contribution < 1.29 is 9.90 Å². The van der Waals surface area contributed by atoms with E-state index in [1.807, 2.05) is 0 Å². The third-order valence-corrected chi connectivity index (χ3v) is 8.67. The Balaban J connectivity index is 1.59. The van der Waals surface area contributed by atoms with E-state index in [0.29, 0.717) is 11.7 Å². The summed E-state index contributed by atoms with van der Waals surface area (Å²) in [6, 6.07) is 0. The Bertz CT molecular complexity index is 472. The lowest BCUT2D eigenvalue weighted by atomic mass is 9.49. The second-order valence-corrected chi connectivity index (χ2v) is 9.10. The molecule has 4 saturated carbocycles. The van der Waals surface area contributed by atoms with Gasteiger partial charge >= 0.3 is 0 Å². The molecule has 0 radical (unpaired) electrons. The number of carbonyl (C=O) groups excluding carboxylic acids is 1. The first-order valence-corrected chi connectivity index (χ1v) is 9.72. The molecule has 0 bridgehead atoms. The Morgan fingerprint density at radius 1 is 1.05 bits per heavy atom. The first kappa shape index (κ1) is 15.2. The Morgan fingerprint density at radius 3 is 2.64 bits per heavy atom. The van der Waals surface area contributed by atoms with E-state index in [2.05, 4.69) is 13.8 Å². The fourth-order valence-corrected chi connectivity index (χ4v) is 7.35. The summed E-state index contributed by atoms with van der Waals surface area (Å²) in [5.74, 6) is 4.43. The van der Waals surface area contributed by atoms with Crippen LogP contribution in [0.2, 0.25) is 0 Å². The Kier molecular flexibility index (Phi) is 3.49. The number of carbonyl (C=O) groups is 1. The minimum Gasteiger partial charge on any atom is -0.389 e. The molecule has 0 aromatic carbocycles. The molecule has 2 heteroatoms. The molecular formula is C20H32O2. The molecule has 4 aliphatic rings. The van der Waals surface area contributed by atoms with Gasteiger partial charge in [-0.3, -0.25) is 4.79 Å². The Hall–Kier alpha value is -0.370. The van der Waals surface area contributed by atoms with Crippen LogP contribution in [0.1, 0.15) is 78.1 Å². The first-order valence-electron chi connectivity index (χ1n) is 9.72. The van der Waals surface area contributed by atoms with E-state index in [1.54, 1.807) is 0 Å². The van der Waals surface area contributed by atoms with Crippen molar-refractivity contribution in [1.29, 1.82) is 0 Å². The van der Waals surface area contributed by atoms with Gasteiger partial charge in [-0.1, -0.05) is 13.8 Å². The maximum atomic E-state index is 11.8. The molecule has 0 aromatic heterocycles. The van der Waals surface area contributed by atoms with Crippen molar-refractivity contribution >= 4 is 5.78 Å². The van der Waals surface area contributed by atoms with Gasteiger partial charge < -0.3 is 5.11 Å². The van der Waals surface area contributed by atoms with Gasteiger partial charge in [0.05, 0.1) is 5.60 Å². The smallest absolute Gasteiger partial charge is 0.133 e. The Labute approximate surface area is 135 Å². The van der Waals surface area contributed by atoms with Gasteiger partial charge in [-0.05, 0) is 86.4 Å². The summed E-state index contributed by atoms with van der Waals surface area (Å²) in [6.45, 7) is 4.56. The number of aliphatic hydroxyl groups is 1. The largest absolute Gasteiger partial charge is 0.389 e. The molecule has 0 amide bonds. The van der Waals surface area contributed by atoms with Gasteiger partial charge in [0, 0.05) is 12.8 Å². The fraction of sp³-hybridized carbons (Fsp3) is 0.950. The first-order chi connectivity index (χ1) is 10.5. The highest BCUT2D eigenvalue weighted by Gasteiger charge is 2.61. The molecule has 4 rings (SSSR count). The van der Waals surface area contributed by atoms with Crippen molar-refractivity contribution in [3.05, 3.63) is 0 Å². The van der Waals surface area contributed by atoms with Crippen LogP contribution in [-0.4, -0.2) is 16.5 Å². The summed E-state index contributed by atoms with van der Waals surface area (Å²) in [7, 11) is 0. The van der Waals surface area contributed by atoms with Crippen LogP contribution < -0.4 is 0 Å². The summed E-state index contributed by atoms with van der Waals surface area (Å²) in [4.78, 5) is 11.8. The van der Waals surface area contributed by atoms with Crippen molar-refractivity contribution in [3.63, 3.8) is 0 Å². The minimum absolute atomic E-state index is 0.153. The van der Waals surface area contributed by atoms with Gasteiger partial charge in [0.1, 0.15) is 5.78 Å². The normalized spacial score (nSPS) is 54.5. The SMILES string of the molecule is CC[C@]1(O)CC[C@H]2[C@@H]3CC[C@@H]4CC(=O)CC[C@@H]4[C@H]3CC[C@@]21C. The van der Waals surface area contributed by atoms with Crippen molar-refractivity contribution in [2.75, 3.05) is 0 Å². The van der Waals surface area contributed by atoms with Crippen LogP contribution in [0.25, 0.3) is 0 Å². The number of fused-ring (bicyclic) bond motifs is 5. The zero-order chi connectivity index (χ0) is 15.5. The molecule has 0 spiro atoms. The van der Waals surface area contributed by atoms with E-state index in [0.717, 1.165) is 55.8 Å². The number of hydrogen-bond acceptors (Lipinski definition) is 2. The van der Waals surface area contributed by atoms with Crippen molar-refractivity contribution in [1.82, 2.24) is 0 Å². The molecule has 22 heavy (non-hydrogen) atoms.